The Labute approximate surface area is 217 Å². The minimum Gasteiger partial charge on any atom is -0.467 e. The Kier molecular flexibility index (Phi) is 8.47. The van der Waals surface area contributed by atoms with E-state index in [1.807, 2.05) is 0 Å². The fourth-order valence-electron chi connectivity index (χ4n) is 3.82. The van der Waals surface area contributed by atoms with Crippen LogP contribution in [0.3, 0.4) is 0 Å². The molecule has 1 heterocycles. The molecule has 10 heteroatoms. The van der Waals surface area contributed by atoms with Gasteiger partial charge >= 0.3 is 23.9 Å². The van der Waals surface area contributed by atoms with Gasteiger partial charge in [0.15, 0.2) is 30.7 Å². The zero-order chi connectivity index (χ0) is 27.1. The normalized spacial score (nSPS) is 22.5. The molecule has 3 aromatic rings. The number of aliphatic hydroxyl groups is 1. The molecule has 0 amide bonds. The molecule has 1 aliphatic rings. The van der Waals surface area contributed by atoms with Gasteiger partial charge in [-0.15, -0.1) is 0 Å². The second-order valence-corrected chi connectivity index (χ2v) is 8.18. The lowest BCUT2D eigenvalue weighted by Gasteiger charge is -2.42. The van der Waals surface area contributed by atoms with Crippen molar-refractivity contribution in [2.24, 2.45) is 0 Å². The summed E-state index contributed by atoms with van der Waals surface area (Å²) >= 11 is 0. The summed E-state index contributed by atoms with van der Waals surface area (Å²) in [7, 11) is 1.07. The third-order valence-corrected chi connectivity index (χ3v) is 5.70. The van der Waals surface area contributed by atoms with Crippen LogP contribution in [-0.4, -0.2) is 66.8 Å². The number of aliphatic hydroxyl groups excluding tert-OH is 1. The molecule has 0 bridgehead atoms. The third-order valence-electron chi connectivity index (χ3n) is 5.70. The lowest BCUT2D eigenvalue weighted by molar-refractivity contribution is -0.278. The first kappa shape index (κ1) is 26.5. The SMILES string of the molecule is COC(=O)[C@H]1OC(O)[C@H](OC(=O)c2ccccc2)[C@@H](OC(=O)c2ccccc2)[C@H]1OC(=O)c1ccccc1. The van der Waals surface area contributed by atoms with Crippen molar-refractivity contribution in [1.82, 2.24) is 0 Å². The molecule has 3 aromatic carbocycles. The molecule has 4 rings (SSSR count). The van der Waals surface area contributed by atoms with Gasteiger partial charge in [-0.05, 0) is 36.4 Å². The van der Waals surface area contributed by atoms with Gasteiger partial charge in [0.25, 0.3) is 0 Å². The Bertz CT molecular complexity index is 1260. The van der Waals surface area contributed by atoms with E-state index in [1.54, 1.807) is 54.6 Å². The Hall–Kier alpha value is -4.54. The van der Waals surface area contributed by atoms with E-state index in [1.165, 1.54) is 36.4 Å². The molecule has 38 heavy (non-hydrogen) atoms. The minimum absolute atomic E-state index is 0.129. The summed E-state index contributed by atoms with van der Waals surface area (Å²) in [4.78, 5) is 51.4. The molecule has 5 atom stereocenters. The van der Waals surface area contributed by atoms with Crippen LogP contribution in [0.1, 0.15) is 31.1 Å². The number of ether oxygens (including phenoxy) is 5. The quantitative estimate of drug-likeness (QED) is 0.366. The van der Waals surface area contributed by atoms with Gasteiger partial charge in [-0.25, -0.2) is 19.2 Å². The average molecular weight is 520 g/mol. The number of carbonyl (C=O) groups excluding carboxylic acids is 4. The summed E-state index contributed by atoms with van der Waals surface area (Å²) in [5, 5.41) is 10.8. The molecule has 1 fully saturated rings. The Morgan fingerprint density at radius 2 is 0.974 bits per heavy atom. The zero-order valence-corrected chi connectivity index (χ0v) is 20.2. The number of hydrogen-bond donors (Lipinski definition) is 1. The Balaban J connectivity index is 1.71. The summed E-state index contributed by atoms with van der Waals surface area (Å²) in [5.74, 6) is -3.64. The monoisotopic (exact) mass is 520 g/mol. The van der Waals surface area contributed by atoms with Gasteiger partial charge in [0.1, 0.15) is 0 Å². The van der Waals surface area contributed by atoms with Crippen molar-refractivity contribution in [2.75, 3.05) is 7.11 Å². The van der Waals surface area contributed by atoms with E-state index in [0.29, 0.717) is 0 Å². The molecule has 196 valence electrons. The average Bonchev–Trinajstić information content (AvgIpc) is 2.96. The van der Waals surface area contributed by atoms with Gasteiger partial charge < -0.3 is 28.8 Å². The Morgan fingerprint density at radius 3 is 1.37 bits per heavy atom. The van der Waals surface area contributed by atoms with Crippen molar-refractivity contribution in [3.63, 3.8) is 0 Å². The highest BCUT2D eigenvalue weighted by Gasteiger charge is 2.55. The molecular weight excluding hydrogens is 496 g/mol. The fraction of sp³-hybridized carbons (Fsp3) is 0.214. The second-order valence-electron chi connectivity index (χ2n) is 8.18. The van der Waals surface area contributed by atoms with Crippen LogP contribution in [0, 0.1) is 0 Å². The van der Waals surface area contributed by atoms with E-state index >= 15 is 0 Å². The van der Waals surface area contributed by atoms with Crippen molar-refractivity contribution < 1.29 is 48.0 Å². The zero-order valence-electron chi connectivity index (χ0n) is 20.2. The van der Waals surface area contributed by atoms with Gasteiger partial charge in [-0.2, -0.15) is 0 Å². The molecule has 1 aliphatic heterocycles. The number of esters is 4. The van der Waals surface area contributed by atoms with Crippen LogP contribution in [0.4, 0.5) is 0 Å². The summed E-state index contributed by atoms with van der Waals surface area (Å²) in [5.41, 5.74) is 0.401. The molecule has 1 N–H and O–H groups in total. The van der Waals surface area contributed by atoms with E-state index in [-0.39, 0.29) is 16.7 Å². The topological polar surface area (TPSA) is 135 Å². The van der Waals surface area contributed by atoms with Crippen LogP contribution in [0.5, 0.6) is 0 Å². The van der Waals surface area contributed by atoms with Crippen LogP contribution in [0.15, 0.2) is 91.0 Å². The Morgan fingerprint density at radius 1 is 0.605 bits per heavy atom. The molecule has 0 saturated carbocycles. The summed E-state index contributed by atoms with van der Waals surface area (Å²) < 4.78 is 26.9. The predicted molar refractivity (Wildman–Crippen MR) is 130 cm³/mol. The maximum Gasteiger partial charge on any atom is 0.339 e. The van der Waals surface area contributed by atoms with Gasteiger partial charge in [0.2, 0.25) is 0 Å². The lowest BCUT2D eigenvalue weighted by atomic mass is 9.97. The number of rotatable bonds is 7. The standard InChI is InChI=1S/C28H24O10/c1-34-27(32)22-20(35-24(29)17-11-5-2-6-12-17)21(36-25(30)18-13-7-3-8-14-18)23(28(33)38-22)37-26(31)19-15-9-4-10-16-19/h2-16,20-23,28,33H,1H3/t20-,21+,22+,23-,28?/m1/s1. The van der Waals surface area contributed by atoms with Crippen molar-refractivity contribution in [1.29, 1.82) is 0 Å². The molecule has 0 aliphatic carbocycles. The molecule has 0 radical (unpaired) electrons. The largest absolute Gasteiger partial charge is 0.467 e. The van der Waals surface area contributed by atoms with Gasteiger partial charge in [0.05, 0.1) is 23.8 Å². The van der Waals surface area contributed by atoms with Crippen LogP contribution in [-0.2, 0) is 28.5 Å². The summed E-state index contributed by atoms with van der Waals surface area (Å²) in [6, 6.07) is 23.6. The van der Waals surface area contributed by atoms with E-state index in [2.05, 4.69) is 0 Å². The van der Waals surface area contributed by atoms with Crippen molar-refractivity contribution in [2.45, 2.75) is 30.7 Å². The van der Waals surface area contributed by atoms with Gasteiger partial charge in [-0.3, -0.25) is 0 Å². The first-order chi connectivity index (χ1) is 18.4. The minimum atomic E-state index is -1.94. The molecule has 1 saturated heterocycles. The highest BCUT2D eigenvalue weighted by atomic mass is 16.7. The van der Waals surface area contributed by atoms with Crippen molar-refractivity contribution in [3.8, 4) is 0 Å². The molecule has 0 aromatic heterocycles. The summed E-state index contributed by atoms with van der Waals surface area (Å²) in [6.45, 7) is 0. The van der Waals surface area contributed by atoms with E-state index in [4.69, 9.17) is 23.7 Å². The number of benzene rings is 3. The first-order valence-corrected chi connectivity index (χ1v) is 11.6. The van der Waals surface area contributed by atoms with E-state index in [0.717, 1.165) is 7.11 Å². The molecule has 10 nitrogen and oxygen atoms in total. The molecule has 1 unspecified atom stereocenters. The van der Waals surface area contributed by atoms with Crippen molar-refractivity contribution in [3.05, 3.63) is 108 Å². The summed E-state index contributed by atoms with van der Waals surface area (Å²) in [6.07, 6.45) is -8.63. The van der Waals surface area contributed by atoms with Gasteiger partial charge in [0, 0.05) is 0 Å². The second kappa shape index (κ2) is 12.1. The number of methoxy groups -OCH3 is 1. The number of carbonyl (C=O) groups is 4. The fourth-order valence-corrected chi connectivity index (χ4v) is 3.82. The van der Waals surface area contributed by atoms with E-state index in [9.17, 15) is 24.3 Å². The van der Waals surface area contributed by atoms with Crippen LogP contribution in [0.25, 0.3) is 0 Å². The first-order valence-electron chi connectivity index (χ1n) is 11.6. The highest BCUT2D eigenvalue weighted by Crippen LogP contribution is 2.30. The van der Waals surface area contributed by atoms with Crippen LogP contribution < -0.4 is 0 Å². The molecular formula is C28H24O10. The van der Waals surface area contributed by atoms with Gasteiger partial charge in [-0.1, -0.05) is 54.6 Å². The maximum absolute atomic E-state index is 13.0. The molecule has 0 spiro atoms. The van der Waals surface area contributed by atoms with Crippen molar-refractivity contribution >= 4 is 23.9 Å². The third kappa shape index (κ3) is 6.05. The van der Waals surface area contributed by atoms with Crippen LogP contribution >= 0.6 is 0 Å². The maximum atomic E-state index is 13.0. The lowest BCUT2D eigenvalue weighted by Crippen LogP contribution is -2.63. The highest BCUT2D eigenvalue weighted by molar-refractivity contribution is 5.91. The van der Waals surface area contributed by atoms with Crippen LogP contribution in [0.2, 0.25) is 0 Å². The predicted octanol–water partition coefficient (Wildman–Crippen LogP) is 2.55. The smallest absolute Gasteiger partial charge is 0.339 e. The number of hydrogen-bond acceptors (Lipinski definition) is 10. The van der Waals surface area contributed by atoms with E-state index < -0.39 is 54.6 Å².